The number of benzene rings is 1. The monoisotopic (exact) mass is 447 g/mol. The molecule has 1 aromatic carbocycles. The van der Waals surface area contributed by atoms with Crippen LogP contribution < -0.4 is 16.4 Å². The smallest absolute Gasteiger partial charge is 0.407 e. The number of rotatable bonds is 15. The van der Waals surface area contributed by atoms with Crippen LogP contribution in [0.1, 0.15) is 45.6 Å². The first-order valence-electron chi connectivity index (χ1n) is 11.1. The number of ether oxygens (including phenoxy) is 2. The molecule has 0 radical (unpaired) electrons. The molecule has 8 nitrogen and oxygen atoms in total. The van der Waals surface area contributed by atoms with Gasteiger partial charge in [0.2, 0.25) is 11.8 Å². The minimum atomic E-state index is -0.831. The Balaban J connectivity index is 2.74. The number of hydrogen-bond donors (Lipinski definition) is 3. The highest BCUT2D eigenvalue weighted by Crippen LogP contribution is 2.11. The third-order valence-electron chi connectivity index (χ3n) is 4.75. The van der Waals surface area contributed by atoms with Gasteiger partial charge in [0, 0.05) is 12.2 Å². The van der Waals surface area contributed by atoms with Gasteiger partial charge in [-0.2, -0.15) is 0 Å². The van der Waals surface area contributed by atoms with E-state index in [1.165, 1.54) is 0 Å². The van der Waals surface area contributed by atoms with Gasteiger partial charge in [0.1, 0.15) is 12.6 Å². The summed E-state index contributed by atoms with van der Waals surface area (Å²) < 4.78 is 10.5. The van der Waals surface area contributed by atoms with E-state index in [0.717, 1.165) is 18.4 Å². The molecule has 0 aliphatic carbocycles. The zero-order valence-corrected chi connectivity index (χ0v) is 19.4. The SMILES string of the molecule is C=C(C(N)=O)C(Cc1ccccc1)NC(=O)[C@H](CC(C)C)NC(=O)OCCOCCCC. The third-order valence-corrected chi connectivity index (χ3v) is 4.75. The molecule has 0 aromatic heterocycles. The van der Waals surface area contributed by atoms with Crippen molar-refractivity contribution in [3.05, 3.63) is 48.0 Å². The van der Waals surface area contributed by atoms with Gasteiger partial charge in [-0.05, 0) is 30.7 Å². The largest absolute Gasteiger partial charge is 0.447 e. The van der Waals surface area contributed by atoms with E-state index >= 15 is 0 Å². The molecule has 4 N–H and O–H groups in total. The molecule has 0 fully saturated rings. The predicted molar refractivity (Wildman–Crippen MR) is 124 cm³/mol. The van der Waals surface area contributed by atoms with Crippen LogP contribution in [-0.2, 0) is 25.5 Å². The maximum atomic E-state index is 13.0. The van der Waals surface area contributed by atoms with Crippen LogP contribution in [0.2, 0.25) is 0 Å². The summed E-state index contributed by atoms with van der Waals surface area (Å²) in [4.78, 5) is 36.9. The molecule has 32 heavy (non-hydrogen) atoms. The van der Waals surface area contributed by atoms with Crippen molar-refractivity contribution in [3.63, 3.8) is 0 Å². The average molecular weight is 448 g/mol. The van der Waals surface area contributed by atoms with Crippen molar-refractivity contribution in [2.75, 3.05) is 19.8 Å². The molecule has 1 unspecified atom stereocenters. The van der Waals surface area contributed by atoms with Crippen molar-refractivity contribution < 1.29 is 23.9 Å². The van der Waals surface area contributed by atoms with Gasteiger partial charge in [0.05, 0.1) is 12.6 Å². The van der Waals surface area contributed by atoms with Crippen LogP contribution in [0.5, 0.6) is 0 Å². The predicted octanol–water partition coefficient (Wildman–Crippen LogP) is 2.71. The van der Waals surface area contributed by atoms with Crippen molar-refractivity contribution in [1.82, 2.24) is 10.6 Å². The lowest BCUT2D eigenvalue weighted by Crippen LogP contribution is -2.52. The summed E-state index contributed by atoms with van der Waals surface area (Å²) in [6.07, 6.45) is 2.03. The molecule has 1 rings (SSSR count). The first-order chi connectivity index (χ1) is 15.2. The van der Waals surface area contributed by atoms with Crippen LogP contribution in [0.3, 0.4) is 0 Å². The van der Waals surface area contributed by atoms with Crippen molar-refractivity contribution in [1.29, 1.82) is 0 Å². The number of unbranched alkanes of at least 4 members (excludes halogenated alkanes) is 1. The molecule has 0 saturated heterocycles. The summed E-state index contributed by atoms with van der Waals surface area (Å²) in [6.45, 7) is 10.7. The highest BCUT2D eigenvalue weighted by atomic mass is 16.6. The Labute approximate surface area is 190 Å². The second-order valence-electron chi connectivity index (χ2n) is 8.07. The molecule has 0 aliphatic rings. The minimum absolute atomic E-state index is 0.0947. The van der Waals surface area contributed by atoms with E-state index in [1.54, 1.807) is 0 Å². The number of carbonyl (C=O) groups excluding carboxylic acids is 3. The molecule has 2 atom stereocenters. The van der Waals surface area contributed by atoms with Gasteiger partial charge in [-0.15, -0.1) is 0 Å². The zero-order valence-electron chi connectivity index (χ0n) is 19.4. The van der Waals surface area contributed by atoms with Crippen molar-refractivity contribution in [2.24, 2.45) is 11.7 Å². The van der Waals surface area contributed by atoms with Crippen LogP contribution in [0.25, 0.3) is 0 Å². The van der Waals surface area contributed by atoms with Crippen molar-refractivity contribution in [2.45, 2.75) is 58.5 Å². The Morgan fingerprint density at radius 2 is 1.72 bits per heavy atom. The zero-order chi connectivity index (χ0) is 23.9. The minimum Gasteiger partial charge on any atom is -0.447 e. The van der Waals surface area contributed by atoms with Crippen LogP contribution in [0.4, 0.5) is 4.79 Å². The molecule has 0 saturated carbocycles. The maximum Gasteiger partial charge on any atom is 0.407 e. The summed E-state index contributed by atoms with van der Waals surface area (Å²) in [5.74, 6) is -0.990. The van der Waals surface area contributed by atoms with Crippen LogP contribution in [0.15, 0.2) is 42.5 Å². The molecule has 1 aromatic rings. The number of hydrogen-bond acceptors (Lipinski definition) is 5. The first kappa shape index (κ1) is 27.2. The van der Waals surface area contributed by atoms with Gasteiger partial charge >= 0.3 is 6.09 Å². The second-order valence-corrected chi connectivity index (χ2v) is 8.07. The Morgan fingerprint density at radius 3 is 2.31 bits per heavy atom. The molecule has 0 heterocycles. The summed E-state index contributed by atoms with van der Waals surface area (Å²) in [5, 5.41) is 5.43. The quantitative estimate of drug-likeness (QED) is 0.282. The fraction of sp³-hybridized carbons (Fsp3) is 0.542. The van der Waals surface area contributed by atoms with E-state index in [2.05, 4.69) is 24.1 Å². The molecular weight excluding hydrogens is 410 g/mol. The number of nitrogens with two attached hydrogens (primary N) is 1. The topological polar surface area (TPSA) is 120 Å². The fourth-order valence-corrected chi connectivity index (χ4v) is 2.98. The fourth-order valence-electron chi connectivity index (χ4n) is 2.98. The van der Waals surface area contributed by atoms with E-state index in [9.17, 15) is 14.4 Å². The van der Waals surface area contributed by atoms with E-state index in [0.29, 0.717) is 26.1 Å². The van der Waals surface area contributed by atoms with Gasteiger partial charge in [-0.3, -0.25) is 9.59 Å². The molecule has 3 amide bonds. The van der Waals surface area contributed by atoms with E-state index in [1.807, 2.05) is 44.2 Å². The van der Waals surface area contributed by atoms with E-state index in [4.69, 9.17) is 15.2 Å². The van der Waals surface area contributed by atoms with Crippen molar-refractivity contribution >= 4 is 17.9 Å². The number of carbonyl (C=O) groups is 3. The van der Waals surface area contributed by atoms with E-state index in [-0.39, 0.29) is 18.1 Å². The molecule has 8 heteroatoms. The Kier molecular flexibility index (Phi) is 12.7. The van der Waals surface area contributed by atoms with Crippen LogP contribution >= 0.6 is 0 Å². The number of alkyl carbamates (subject to hydrolysis) is 1. The lowest BCUT2D eigenvalue weighted by molar-refractivity contribution is -0.124. The average Bonchev–Trinajstić information content (AvgIpc) is 2.75. The normalized spacial score (nSPS) is 12.6. The van der Waals surface area contributed by atoms with Gasteiger partial charge in [0.15, 0.2) is 0 Å². The Morgan fingerprint density at radius 1 is 1.03 bits per heavy atom. The third kappa shape index (κ3) is 10.9. The molecule has 0 spiro atoms. The maximum absolute atomic E-state index is 13.0. The summed E-state index contributed by atoms with van der Waals surface area (Å²) in [6, 6.07) is 7.86. The summed E-state index contributed by atoms with van der Waals surface area (Å²) in [5.41, 5.74) is 6.42. The highest BCUT2D eigenvalue weighted by molar-refractivity contribution is 5.94. The highest BCUT2D eigenvalue weighted by Gasteiger charge is 2.27. The standard InChI is InChI=1S/C24H37N3O5/c1-5-6-12-31-13-14-32-24(30)27-21(15-17(2)3)23(29)26-20(18(4)22(25)28)16-19-10-8-7-9-11-19/h7-11,17,20-21H,4-6,12-16H2,1-3H3,(H2,25,28)(H,26,29)(H,27,30)/t20?,21-/m0/s1. The van der Waals surface area contributed by atoms with E-state index < -0.39 is 30.0 Å². The molecule has 178 valence electrons. The lowest BCUT2D eigenvalue weighted by Gasteiger charge is -2.25. The first-order valence-corrected chi connectivity index (χ1v) is 11.1. The van der Waals surface area contributed by atoms with Crippen molar-refractivity contribution in [3.8, 4) is 0 Å². The summed E-state index contributed by atoms with van der Waals surface area (Å²) >= 11 is 0. The Hall–Kier alpha value is -2.87. The molecular formula is C24H37N3O5. The number of amides is 3. The summed E-state index contributed by atoms with van der Waals surface area (Å²) in [7, 11) is 0. The lowest BCUT2D eigenvalue weighted by atomic mass is 9.97. The van der Waals surface area contributed by atoms with Gasteiger partial charge in [-0.1, -0.05) is 64.1 Å². The number of primary amides is 1. The van der Waals surface area contributed by atoms with Crippen LogP contribution in [-0.4, -0.2) is 49.8 Å². The number of nitrogens with one attached hydrogen (secondary N) is 2. The Bertz CT molecular complexity index is 736. The second kappa shape index (κ2) is 15.0. The van der Waals surface area contributed by atoms with Crippen LogP contribution in [0, 0.1) is 5.92 Å². The van der Waals surface area contributed by atoms with Gasteiger partial charge in [0.25, 0.3) is 0 Å². The molecule has 0 bridgehead atoms. The molecule has 0 aliphatic heterocycles. The van der Waals surface area contributed by atoms with Gasteiger partial charge < -0.3 is 25.8 Å². The van der Waals surface area contributed by atoms with Gasteiger partial charge in [-0.25, -0.2) is 4.79 Å².